The van der Waals surface area contributed by atoms with Gasteiger partial charge in [-0.1, -0.05) is 48.0 Å². The van der Waals surface area contributed by atoms with Crippen molar-refractivity contribution in [1.82, 2.24) is 14.9 Å². The van der Waals surface area contributed by atoms with Gasteiger partial charge in [-0.15, -0.1) is 11.3 Å². The minimum absolute atomic E-state index is 0.0305. The van der Waals surface area contributed by atoms with Gasteiger partial charge in [0, 0.05) is 10.9 Å². The maximum absolute atomic E-state index is 13.2. The first-order valence-corrected chi connectivity index (χ1v) is 13.0. The quantitative estimate of drug-likeness (QED) is 0.483. The molecule has 1 aliphatic heterocycles. The van der Waals surface area contributed by atoms with Gasteiger partial charge in [0.1, 0.15) is 11.4 Å². The molecule has 9 heteroatoms. The molecule has 4 aromatic rings. The van der Waals surface area contributed by atoms with Crippen molar-refractivity contribution in [1.29, 1.82) is 0 Å². The Hall–Kier alpha value is -3.30. The number of aryl methyl sites for hydroxylation is 1. The van der Waals surface area contributed by atoms with Crippen molar-refractivity contribution in [3.05, 3.63) is 81.7 Å². The van der Waals surface area contributed by atoms with Crippen molar-refractivity contribution in [2.75, 3.05) is 5.75 Å². The zero-order chi connectivity index (χ0) is 23.2. The third kappa shape index (κ3) is 3.98. The summed E-state index contributed by atoms with van der Waals surface area (Å²) in [6, 6.07) is 14.2. The lowest BCUT2D eigenvalue weighted by Gasteiger charge is -2.26. The SMILES string of the molecule is Cc1ccc(-c2csc3ncn(CC(=O)N[C@@H]4CCS(=O)(=O)c5ccccc54)c(=O)c23)cc1. The van der Waals surface area contributed by atoms with E-state index in [4.69, 9.17) is 0 Å². The van der Waals surface area contributed by atoms with Crippen LogP contribution in [0.25, 0.3) is 21.3 Å². The van der Waals surface area contributed by atoms with E-state index in [0.29, 0.717) is 22.2 Å². The van der Waals surface area contributed by atoms with Crippen LogP contribution < -0.4 is 10.9 Å². The third-order valence-corrected chi connectivity index (χ3v) is 8.58. The number of nitrogens with zero attached hydrogens (tertiary/aromatic N) is 2. The molecule has 2 aromatic heterocycles. The molecule has 3 heterocycles. The van der Waals surface area contributed by atoms with Crippen molar-refractivity contribution in [3.8, 4) is 11.1 Å². The monoisotopic (exact) mass is 479 g/mol. The number of benzene rings is 2. The van der Waals surface area contributed by atoms with E-state index in [1.165, 1.54) is 22.2 Å². The average Bonchev–Trinajstić information content (AvgIpc) is 3.23. The predicted octanol–water partition coefficient (Wildman–Crippen LogP) is 3.47. The minimum Gasteiger partial charge on any atom is -0.348 e. The number of hydrogen-bond donors (Lipinski definition) is 1. The Morgan fingerprint density at radius 3 is 2.73 bits per heavy atom. The van der Waals surface area contributed by atoms with Gasteiger partial charge in [0.2, 0.25) is 5.91 Å². The zero-order valence-corrected chi connectivity index (χ0v) is 19.4. The molecular weight excluding hydrogens is 458 g/mol. The van der Waals surface area contributed by atoms with E-state index in [1.807, 2.05) is 36.6 Å². The van der Waals surface area contributed by atoms with Crippen LogP contribution in [-0.4, -0.2) is 29.6 Å². The molecule has 0 bridgehead atoms. The van der Waals surface area contributed by atoms with E-state index >= 15 is 0 Å². The normalized spacial score (nSPS) is 16.9. The van der Waals surface area contributed by atoms with Crippen LogP contribution in [0, 0.1) is 6.92 Å². The number of sulfone groups is 1. The van der Waals surface area contributed by atoms with Crippen molar-refractivity contribution in [2.24, 2.45) is 0 Å². The molecule has 0 saturated carbocycles. The zero-order valence-electron chi connectivity index (χ0n) is 17.8. The van der Waals surface area contributed by atoms with Crippen LogP contribution in [0.1, 0.15) is 23.6 Å². The lowest BCUT2D eigenvalue weighted by molar-refractivity contribution is -0.122. The second kappa shape index (κ2) is 8.24. The smallest absolute Gasteiger partial charge is 0.263 e. The first-order valence-electron chi connectivity index (χ1n) is 10.5. The summed E-state index contributed by atoms with van der Waals surface area (Å²) in [6.45, 7) is 1.80. The second-order valence-corrected chi connectivity index (χ2v) is 11.1. The van der Waals surface area contributed by atoms with Gasteiger partial charge >= 0.3 is 0 Å². The number of amides is 1. The fraction of sp³-hybridized carbons (Fsp3) is 0.208. The second-order valence-electron chi connectivity index (χ2n) is 8.14. The summed E-state index contributed by atoms with van der Waals surface area (Å²) in [5.74, 6) is -0.401. The summed E-state index contributed by atoms with van der Waals surface area (Å²) >= 11 is 1.39. The van der Waals surface area contributed by atoms with Crippen molar-refractivity contribution in [2.45, 2.75) is 30.8 Å². The topological polar surface area (TPSA) is 98.1 Å². The summed E-state index contributed by atoms with van der Waals surface area (Å²) in [4.78, 5) is 31.3. The summed E-state index contributed by atoms with van der Waals surface area (Å²) < 4.78 is 26.0. The van der Waals surface area contributed by atoms with Crippen LogP contribution in [0.15, 0.2) is 69.9 Å². The van der Waals surface area contributed by atoms with Gasteiger partial charge in [-0.2, -0.15) is 0 Å². The molecule has 0 radical (unpaired) electrons. The maximum atomic E-state index is 13.2. The van der Waals surface area contributed by atoms with Crippen molar-refractivity contribution >= 4 is 37.3 Å². The summed E-state index contributed by atoms with van der Waals surface area (Å²) in [5.41, 5.74) is 3.15. The standard InChI is InChI=1S/C24H21N3O4S2/c1-15-6-8-16(9-7-15)18-13-32-23-22(18)24(29)27(14-25-23)12-21(28)26-19-10-11-33(30,31)20-5-3-2-4-17(19)20/h2-9,13-14,19H,10-12H2,1H3,(H,26,28)/t19-/m1/s1. The highest BCUT2D eigenvalue weighted by Crippen LogP contribution is 2.32. The van der Waals surface area contributed by atoms with Gasteiger partial charge < -0.3 is 5.32 Å². The molecule has 1 aliphatic rings. The number of aromatic nitrogens is 2. The minimum atomic E-state index is -3.34. The Labute approximate surface area is 194 Å². The van der Waals surface area contributed by atoms with Crippen LogP contribution in [0.3, 0.4) is 0 Å². The van der Waals surface area contributed by atoms with Gasteiger partial charge in [0.05, 0.1) is 28.4 Å². The van der Waals surface area contributed by atoms with Gasteiger partial charge in [-0.25, -0.2) is 13.4 Å². The Balaban J connectivity index is 1.42. The Bertz CT molecular complexity index is 1540. The first-order chi connectivity index (χ1) is 15.8. The van der Waals surface area contributed by atoms with E-state index in [-0.39, 0.29) is 28.7 Å². The molecule has 0 fully saturated rings. The number of hydrogen-bond acceptors (Lipinski definition) is 6. The molecule has 0 unspecified atom stereocenters. The van der Waals surface area contributed by atoms with Crippen LogP contribution in [-0.2, 0) is 21.2 Å². The molecule has 2 aromatic carbocycles. The number of nitrogens with one attached hydrogen (secondary N) is 1. The van der Waals surface area contributed by atoms with Gasteiger partial charge in [-0.05, 0) is 30.5 Å². The average molecular weight is 480 g/mol. The fourth-order valence-electron chi connectivity index (χ4n) is 4.16. The Kier molecular flexibility index (Phi) is 5.38. The van der Waals surface area contributed by atoms with Crippen LogP contribution in [0.5, 0.6) is 0 Å². The van der Waals surface area contributed by atoms with Crippen LogP contribution in [0.4, 0.5) is 0 Å². The van der Waals surface area contributed by atoms with Gasteiger partial charge in [0.15, 0.2) is 9.84 Å². The molecule has 0 spiro atoms. The molecule has 7 nitrogen and oxygen atoms in total. The number of rotatable bonds is 4. The lowest BCUT2D eigenvalue weighted by Crippen LogP contribution is -2.37. The van der Waals surface area contributed by atoms with E-state index in [0.717, 1.165) is 16.7 Å². The maximum Gasteiger partial charge on any atom is 0.263 e. The Morgan fingerprint density at radius 2 is 1.94 bits per heavy atom. The molecule has 1 atom stereocenters. The highest BCUT2D eigenvalue weighted by molar-refractivity contribution is 7.91. The number of carbonyl (C=O) groups excluding carboxylic acids is 1. The van der Waals surface area contributed by atoms with Crippen molar-refractivity contribution in [3.63, 3.8) is 0 Å². The molecule has 5 rings (SSSR count). The molecule has 1 N–H and O–H groups in total. The van der Waals surface area contributed by atoms with Crippen molar-refractivity contribution < 1.29 is 13.2 Å². The fourth-order valence-corrected chi connectivity index (χ4v) is 6.69. The van der Waals surface area contributed by atoms with E-state index in [9.17, 15) is 18.0 Å². The summed E-state index contributed by atoms with van der Waals surface area (Å²) in [7, 11) is -3.34. The molecular formula is C24H21N3O4S2. The molecule has 0 saturated heterocycles. The number of carbonyl (C=O) groups is 1. The third-order valence-electron chi connectivity index (χ3n) is 5.88. The predicted molar refractivity (Wildman–Crippen MR) is 128 cm³/mol. The first kappa shape index (κ1) is 21.5. The molecule has 0 aliphatic carbocycles. The van der Waals surface area contributed by atoms with Gasteiger partial charge in [-0.3, -0.25) is 14.2 Å². The molecule has 1 amide bonds. The Morgan fingerprint density at radius 1 is 1.18 bits per heavy atom. The number of fused-ring (bicyclic) bond motifs is 2. The van der Waals surface area contributed by atoms with Crippen LogP contribution >= 0.6 is 11.3 Å². The van der Waals surface area contributed by atoms with Crippen LogP contribution in [0.2, 0.25) is 0 Å². The van der Waals surface area contributed by atoms with E-state index in [2.05, 4.69) is 10.3 Å². The molecule has 33 heavy (non-hydrogen) atoms. The lowest BCUT2D eigenvalue weighted by atomic mass is 10.0. The number of thiophene rings is 1. The molecule has 168 valence electrons. The largest absolute Gasteiger partial charge is 0.348 e. The van der Waals surface area contributed by atoms with Gasteiger partial charge in [0.25, 0.3) is 5.56 Å². The summed E-state index contributed by atoms with van der Waals surface area (Å²) in [6.07, 6.45) is 1.68. The van der Waals surface area contributed by atoms with E-state index < -0.39 is 15.9 Å². The van der Waals surface area contributed by atoms with E-state index in [1.54, 1.807) is 24.3 Å². The highest BCUT2D eigenvalue weighted by atomic mass is 32.2. The summed E-state index contributed by atoms with van der Waals surface area (Å²) in [5, 5.41) is 5.30. The highest BCUT2D eigenvalue weighted by Gasteiger charge is 2.30.